The first-order chi connectivity index (χ1) is 12.6. The number of H-pyrrole nitrogens is 1. The van der Waals surface area contributed by atoms with E-state index in [9.17, 15) is 4.79 Å². The molecular formula is C19H21N3O3S. The van der Waals surface area contributed by atoms with Gasteiger partial charge in [0.2, 0.25) is 5.91 Å². The number of amides is 1. The highest BCUT2D eigenvalue weighted by molar-refractivity contribution is 7.99. The van der Waals surface area contributed by atoms with Gasteiger partial charge < -0.3 is 19.8 Å². The minimum Gasteiger partial charge on any atom is -0.497 e. The highest BCUT2D eigenvalue weighted by Crippen LogP contribution is 2.25. The highest BCUT2D eigenvalue weighted by atomic mass is 32.2. The predicted molar refractivity (Wildman–Crippen MR) is 103 cm³/mol. The maximum atomic E-state index is 12.3. The van der Waals surface area contributed by atoms with Crippen LogP contribution in [0.2, 0.25) is 0 Å². The van der Waals surface area contributed by atoms with E-state index in [4.69, 9.17) is 9.47 Å². The van der Waals surface area contributed by atoms with Gasteiger partial charge in [0, 0.05) is 11.6 Å². The lowest BCUT2D eigenvalue weighted by Crippen LogP contribution is -2.28. The Kier molecular flexibility index (Phi) is 5.68. The first-order valence-electron chi connectivity index (χ1n) is 8.19. The predicted octanol–water partition coefficient (Wildman–Crippen LogP) is 3.55. The summed E-state index contributed by atoms with van der Waals surface area (Å²) in [6.07, 6.45) is 0. The van der Waals surface area contributed by atoms with E-state index in [0.717, 1.165) is 28.1 Å². The van der Waals surface area contributed by atoms with Crippen molar-refractivity contribution in [2.45, 2.75) is 18.1 Å². The van der Waals surface area contributed by atoms with Crippen LogP contribution in [0, 0.1) is 0 Å². The molecule has 26 heavy (non-hydrogen) atoms. The van der Waals surface area contributed by atoms with Crippen LogP contribution < -0.4 is 14.8 Å². The second kappa shape index (κ2) is 8.14. The maximum absolute atomic E-state index is 12.3. The third-order valence-corrected chi connectivity index (χ3v) is 4.86. The van der Waals surface area contributed by atoms with Gasteiger partial charge in [-0.3, -0.25) is 4.79 Å². The van der Waals surface area contributed by atoms with Crippen molar-refractivity contribution in [2.75, 3.05) is 20.0 Å². The van der Waals surface area contributed by atoms with Gasteiger partial charge in [-0.2, -0.15) is 0 Å². The van der Waals surface area contributed by atoms with E-state index < -0.39 is 0 Å². The number of carbonyl (C=O) groups excluding carboxylic acids is 1. The molecule has 0 radical (unpaired) electrons. The Morgan fingerprint density at radius 1 is 1.23 bits per heavy atom. The molecule has 2 aromatic carbocycles. The molecule has 1 atom stereocenters. The molecule has 1 amide bonds. The summed E-state index contributed by atoms with van der Waals surface area (Å²) in [5.41, 5.74) is 2.68. The Balaban J connectivity index is 1.60. The van der Waals surface area contributed by atoms with Crippen molar-refractivity contribution in [3.05, 3.63) is 48.0 Å². The topological polar surface area (TPSA) is 76.2 Å². The fourth-order valence-electron chi connectivity index (χ4n) is 2.68. The smallest absolute Gasteiger partial charge is 0.230 e. The molecule has 0 spiro atoms. The third-order valence-electron chi connectivity index (χ3n) is 3.99. The van der Waals surface area contributed by atoms with Crippen LogP contribution >= 0.6 is 11.8 Å². The molecular weight excluding hydrogens is 350 g/mol. The average Bonchev–Trinajstić information content (AvgIpc) is 3.08. The molecule has 2 N–H and O–H groups in total. The molecule has 1 heterocycles. The molecule has 6 nitrogen and oxygen atoms in total. The van der Waals surface area contributed by atoms with Crippen LogP contribution in [-0.4, -0.2) is 35.8 Å². The van der Waals surface area contributed by atoms with E-state index in [1.54, 1.807) is 14.2 Å². The number of fused-ring (bicyclic) bond motifs is 1. The number of nitrogens with one attached hydrogen (secondary N) is 2. The Hall–Kier alpha value is -2.67. The number of rotatable bonds is 7. The zero-order valence-electron chi connectivity index (χ0n) is 14.9. The number of hydrogen-bond donors (Lipinski definition) is 2. The molecule has 7 heteroatoms. The van der Waals surface area contributed by atoms with Crippen molar-refractivity contribution in [2.24, 2.45) is 0 Å². The zero-order valence-corrected chi connectivity index (χ0v) is 15.7. The summed E-state index contributed by atoms with van der Waals surface area (Å²) in [6, 6.07) is 13.2. The molecule has 136 valence electrons. The van der Waals surface area contributed by atoms with Gasteiger partial charge in [-0.15, -0.1) is 0 Å². The second-order valence-corrected chi connectivity index (χ2v) is 6.71. The largest absolute Gasteiger partial charge is 0.497 e. The van der Waals surface area contributed by atoms with Crippen LogP contribution in [0.25, 0.3) is 11.0 Å². The molecule has 3 rings (SSSR count). The average molecular weight is 371 g/mol. The SMILES string of the molecule is COc1ccc2nc(SCC(=O)NC(C)c3ccccc3OC)[nH]c2c1. The van der Waals surface area contributed by atoms with Crippen LogP contribution in [0.15, 0.2) is 47.6 Å². The molecule has 0 aliphatic heterocycles. The van der Waals surface area contributed by atoms with E-state index >= 15 is 0 Å². The van der Waals surface area contributed by atoms with E-state index in [2.05, 4.69) is 15.3 Å². The van der Waals surface area contributed by atoms with Crippen molar-refractivity contribution >= 4 is 28.7 Å². The first-order valence-corrected chi connectivity index (χ1v) is 9.18. The normalized spacial score (nSPS) is 12.0. The molecule has 0 saturated carbocycles. The number of benzene rings is 2. The number of thioether (sulfide) groups is 1. The lowest BCUT2D eigenvalue weighted by atomic mass is 10.1. The Bertz CT molecular complexity index is 910. The van der Waals surface area contributed by atoms with Crippen LogP contribution in [0.3, 0.4) is 0 Å². The van der Waals surface area contributed by atoms with E-state index in [-0.39, 0.29) is 17.7 Å². The Labute approximate surface area is 156 Å². The lowest BCUT2D eigenvalue weighted by Gasteiger charge is -2.16. The standard InChI is InChI=1S/C19H21N3O3S/c1-12(14-6-4-5-7-17(14)25-3)20-18(23)11-26-19-21-15-9-8-13(24-2)10-16(15)22-19/h4-10,12H,11H2,1-3H3,(H,20,23)(H,21,22). The van der Waals surface area contributed by atoms with E-state index in [1.165, 1.54) is 11.8 Å². The summed E-state index contributed by atoms with van der Waals surface area (Å²) >= 11 is 1.36. The molecule has 3 aromatic rings. The van der Waals surface area contributed by atoms with Gasteiger partial charge >= 0.3 is 0 Å². The van der Waals surface area contributed by atoms with Gasteiger partial charge in [0.15, 0.2) is 5.16 Å². The molecule has 0 aliphatic rings. The Morgan fingerprint density at radius 2 is 2.04 bits per heavy atom. The van der Waals surface area contributed by atoms with Gasteiger partial charge in [-0.25, -0.2) is 4.98 Å². The summed E-state index contributed by atoms with van der Waals surface area (Å²) in [5.74, 6) is 1.74. The molecule has 0 fully saturated rings. The van der Waals surface area contributed by atoms with E-state index in [1.807, 2.05) is 49.4 Å². The fourth-order valence-corrected chi connectivity index (χ4v) is 3.38. The number of nitrogens with zero attached hydrogens (tertiary/aromatic N) is 1. The summed E-state index contributed by atoms with van der Waals surface area (Å²) < 4.78 is 10.6. The third kappa shape index (κ3) is 4.11. The van der Waals surface area contributed by atoms with Crippen molar-refractivity contribution in [1.82, 2.24) is 15.3 Å². The number of hydrogen-bond acceptors (Lipinski definition) is 5. The molecule has 1 aromatic heterocycles. The number of ether oxygens (including phenoxy) is 2. The number of methoxy groups -OCH3 is 2. The molecule has 0 bridgehead atoms. The van der Waals surface area contributed by atoms with Crippen LogP contribution in [0.4, 0.5) is 0 Å². The monoisotopic (exact) mass is 371 g/mol. The summed E-state index contributed by atoms with van der Waals surface area (Å²) in [7, 11) is 3.25. The second-order valence-electron chi connectivity index (χ2n) is 5.74. The number of carbonyl (C=O) groups is 1. The van der Waals surface area contributed by atoms with Gasteiger partial charge in [-0.1, -0.05) is 30.0 Å². The molecule has 0 saturated heterocycles. The van der Waals surface area contributed by atoms with Crippen molar-refractivity contribution in [3.63, 3.8) is 0 Å². The fraction of sp³-hybridized carbons (Fsp3) is 0.263. The van der Waals surface area contributed by atoms with Gasteiger partial charge in [-0.05, 0) is 25.1 Å². The summed E-state index contributed by atoms with van der Waals surface area (Å²) in [4.78, 5) is 20.0. The highest BCUT2D eigenvalue weighted by Gasteiger charge is 2.14. The number of aromatic amines is 1. The van der Waals surface area contributed by atoms with Gasteiger partial charge in [0.05, 0.1) is 37.0 Å². The number of imidazole rings is 1. The first kappa shape index (κ1) is 18.1. The summed E-state index contributed by atoms with van der Waals surface area (Å²) in [6.45, 7) is 1.94. The minimum absolute atomic E-state index is 0.0635. The number of aromatic nitrogens is 2. The van der Waals surface area contributed by atoms with Crippen LogP contribution in [-0.2, 0) is 4.79 Å². The maximum Gasteiger partial charge on any atom is 0.230 e. The Morgan fingerprint density at radius 3 is 2.81 bits per heavy atom. The quantitative estimate of drug-likeness (QED) is 0.621. The molecule has 1 unspecified atom stereocenters. The van der Waals surface area contributed by atoms with Gasteiger partial charge in [0.25, 0.3) is 0 Å². The van der Waals surface area contributed by atoms with Crippen molar-refractivity contribution in [3.8, 4) is 11.5 Å². The van der Waals surface area contributed by atoms with E-state index in [0.29, 0.717) is 5.16 Å². The summed E-state index contributed by atoms with van der Waals surface area (Å²) in [5, 5.41) is 3.69. The lowest BCUT2D eigenvalue weighted by molar-refractivity contribution is -0.119. The van der Waals surface area contributed by atoms with Crippen LogP contribution in [0.5, 0.6) is 11.5 Å². The van der Waals surface area contributed by atoms with Crippen LogP contribution in [0.1, 0.15) is 18.5 Å². The van der Waals surface area contributed by atoms with Crippen molar-refractivity contribution < 1.29 is 14.3 Å². The minimum atomic E-state index is -0.140. The van der Waals surface area contributed by atoms with Crippen molar-refractivity contribution in [1.29, 1.82) is 0 Å². The zero-order chi connectivity index (χ0) is 18.5. The number of para-hydroxylation sites is 1. The van der Waals surface area contributed by atoms with Gasteiger partial charge in [0.1, 0.15) is 11.5 Å². The molecule has 0 aliphatic carbocycles.